The molecule has 0 aromatic heterocycles. The molecule has 134 valence electrons. The summed E-state index contributed by atoms with van der Waals surface area (Å²) in [4.78, 5) is 11.6. The normalized spacial score (nSPS) is 11.2. The number of ether oxygens (including phenoxy) is 3. The number of hydrogen-bond acceptors (Lipinski definition) is 6. The Kier molecular flexibility index (Phi) is 5.58. The van der Waals surface area contributed by atoms with Gasteiger partial charge in [0.1, 0.15) is 0 Å². The minimum absolute atomic E-state index is 0.0267. The van der Waals surface area contributed by atoms with Crippen molar-refractivity contribution in [2.75, 3.05) is 14.2 Å². The van der Waals surface area contributed by atoms with E-state index in [1.165, 1.54) is 14.2 Å². The van der Waals surface area contributed by atoms with Crippen LogP contribution in [0.2, 0.25) is 0 Å². The molecule has 2 aromatic rings. The van der Waals surface area contributed by atoms with Crippen LogP contribution in [-0.4, -0.2) is 34.4 Å². The molecule has 0 bridgehead atoms. The van der Waals surface area contributed by atoms with Crippen molar-refractivity contribution in [3.05, 3.63) is 48.0 Å². The molecule has 0 saturated carbocycles. The lowest BCUT2D eigenvalue weighted by atomic mass is 10.2. The fourth-order valence-corrected chi connectivity index (χ4v) is 2.67. The molecule has 0 unspecified atom stereocenters. The first-order chi connectivity index (χ1) is 11.8. The molecular formula is C16H14F2O6S. The van der Waals surface area contributed by atoms with Crippen LogP contribution in [0.15, 0.2) is 47.4 Å². The number of benzene rings is 2. The van der Waals surface area contributed by atoms with Crippen LogP contribution in [0, 0.1) is 0 Å². The SMILES string of the molecule is COc1cccc(OC)c1OC(=O)c1ccc(S(=O)(=O)C(F)F)cc1. The molecule has 0 saturated heterocycles. The van der Waals surface area contributed by atoms with E-state index in [1.54, 1.807) is 18.2 Å². The first-order valence-electron chi connectivity index (χ1n) is 6.86. The topological polar surface area (TPSA) is 78.9 Å². The zero-order chi connectivity index (χ0) is 18.6. The summed E-state index contributed by atoms with van der Waals surface area (Å²) in [7, 11) is -1.95. The average molecular weight is 372 g/mol. The molecule has 0 aliphatic carbocycles. The van der Waals surface area contributed by atoms with E-state index in [0.717, 1.165) is 24.3 Å². The highest BCUT2D eigenvalue weighted by Crippen LogP contribution is 2.37. The number of alkyl halides is 2. The van der Waals surface area contributed by atoms with Gasteiger partial charge < -0.3 is 14.2 Å². The number of carbonyl (C=O) groups excluding carboxylic acids is 1. The number of halogens is 2. The highest BCUT2D eigenvalue weighted by atomic mass is 32.2. The van der Waals surface area contributed by atoms with Crippen molar-refractivity contribution in [1.82, 2.24) is 0 Å². The number of esters is 1. The van der Waals surface area contributed by atoms with E-state index in [0.29, 0.717) is 0 Å². The van der Waals surface area contributed by atoms with Crippen LogP contribution in [0.25, 0.3) is 0 Å². The number of sulfone groups is 1. The molecule has 0 N–H and O–H groups in total. The number of methoxy groups -OCH3 is 2. The maximum atomic E-state index is 12.5. The molecule has 6 nitrogen and oxygen atoms in total. The molecule has 0 aliphatic rings. The fourth-order valence-electron chi connectivity index (χ4n) is 1.95. The van der Waals surface area contributed by atoms with Gasteiger partial charge in [-0.15, -0.1) is 0 Å². The van der Waals surface area contributed by atoms with Crippen LogP contribution < -0.4 is 14.2 Å². The van der Waals surface area contributed by atoms with Gasteiger partial charge in [0.2, 0.25) is 15.6 Å². The van der Waals surface area contributed by atoms with Gasteiger partial charge in [0.05, 0.1) is 24.7 Å². The van der Waals surface area contributed by atoms with Gasteiger partial charge in [-0.3, -0.25) is 0 Å². The molecule has 9 heteroatoms. The number of para-hydroxylation sites is 1. The Morgan fingerprint density at radius 1 is 0.960 bits per heavy atom. The minimum atomic E-state index is -4.73. The second kappa shape index (κ2) is 7.47. The quantitative estimate of drug-likeness (QED) is 0.573. The molecule has 25 heavy (non-hydrogen) atoms. The van der Waals surface area contributed by atoms with Crippen molar-refractivity contribution in [3.63, 3.8) is 0 Å². The molecule has 0 fully saturated rings. The van der Waals surface area contributed by atoms with E-state index in [2.05, 4.69) is 0 Å². The standard InChI is InChI=1S/C16H14F2O6S/c1-22-12-4-3-5-13(23-2)14(12)24-15(19)10-6-8-11(9-7-10)25(20,21)16(17)18/h3-9,16H,1-2H3. The van der Waals surface area contributed by atoms with Gasteiger partial charge >= 0.3 is 11.7 Å². The fraction of sp³-hybridized carbons (Fsp3) is 0.188. The zero-order valence-electron chi connectivity index (χ0n) is 13.2. The molecule has 2 aromatic carbocycles. The molecule has 0 spiro atoms. The minimum Gasteiger partial charge on any atom is -0.493 e. The van der Waals surface area contributed by atoms with E-state index in [4.69, 9.17) is 14.2 Å². The van der Waals surface area contributed by atoms with E-state index in [9.17, 15) is 22.0 Å². The first-order valence-corrected chi connectivity index (χ1v) is 8.41. The van der Waals surface area contributed by atoms with E-state index < -0.39 is 26.5 Å². The van der Waals surface area contributed by atoms with Gasteiger partial charge in [-0.2, -0.15) is 8.78 Å². The van der Waals surface area contributed by atoms with Crippen molar-refractivity contribution < 1.29 is 36.2 Å². The summed E-state index contributed by atoms with van der Waals surface area (Å²) in [6, 6.07) is 8.75. The summed E-state index contributed by atoms with van der Waals surface area (Å²) in [6.07, 6.45) is 0. The van der Waals surface area contributed by atoms with E-state index in [1.807, 2.05) is 0 Å². The van der Waals surface area contributed by atoms with Crippen molar-refractivity contribution in [1.29, 1.82) is 0 Å². The molecule has 0 aliphatic heterocycles. The van der Waals surface area contributed by atoms with Crippen LogP contribution in [0.4, 0.5) is 8.78 Å². The number of hydrogen-bond donors (Lipinski definition) is 0. The Balaban J connectivity index is 2.29. The molecule has 0 amide bonds. The average Bonchev–Trinajstić information content (AvgIpc) is 2.61. The molecule has 0 radical (unpaired) electrons. The van der Waals surface area contributed by atoms with Gasteiger partial charge in [-0.05, 0) is 36.4 Å². The zero-order valence-corrected chi connectivity index (χ0v) is 14.0. The van der Waals surface area contributed by atoms with Gasteiger partial charge in [0.25, 0.3) is 0 Å². The van der Waals surface area contributed by atoms with Crippen molar-refractivity contribution in [3.8, 4) is 17.2 Å². The van der Waals surface area contributed by atoms with E-state index in [-0.39, 0.29) is 22.8 Å². The van der Waals surface area contributed by atoms with Crippen LogP contribution in [-0.2, 0) is 9.84 Å². The Bertz CT molecular complexity index is 840. The lowest BCUT2D eigenvalue weighted by Gasteiger charge is -2.13. The number of carbonyl (C=O) groups is 1. The highest BCUT2D eigenvalue weighted by Gasteiger charge is 2.26. The summed E-state index contributed by atoms with van der Waals surface area (Å²) in [5, 5.41) is 0. The summed E-state index contributed by atoms with van der Waals surface area (Å²) in [5.74, 6) is -3.82. The van der Waals surface area contributed by atoms with Gasteiger partial charge in [-0.1, -0.05) is 6.07 Å². The van der Waals surface area contributed by atoms with Crippen LogP contribution in [0.5, 0.6) is 17.2 Å². The second-order valence-corrected chi connectivity index (χ2v) is 6.63. The Morgan fingerprint density at radius 2 is 1.48 bits per heavy atom. The van der Waals surface area contributed by atoms with Crippen molar-refractivity contribution >= 4 is 15.8 Å². The lowest BCUT2D eigenvalue weighted by molar-refractivity contribution is 0.0724. The molecular weight excluding hydrogens is 358 g/mol. The maximum Gasteiger partial charge on any atom is 0.343 e. The Labute approximate surface area is 142 Å². The van der Waals surface area contributed by atoms with Gasteiger partial charge in [0, 0.05) is 0 Å². The van der Waals surface area contributed by atoms with Gasteiger partial charge in [-0.25, -0.2) is 13.2 Å². The summed E-state index contributed by atoms with van der Waals surface area (Å²) in [5.41, 5.74) is -0.0267. The first kappa shape index (κ1) is 18.7. The van der Waals surface area contributed by atoms with E-state index >= 15 is 0 Å². The monoisotopic (exact) mass is 372 g/mol. The molecule has 0 atom stereocenters. The third-order valence-electron chi connectivity index (χ3n) is 3.23. The van der Waals surface area contributed by atoms with Gasteiger partial charge in [0.15, 0.2) is 11.5 Å². The molecule has 0 heterocycles. The summed E-state index contributed by atoms with van der Waals surface area (Å²) >= 11 is 0. The Morgan fingerprint density at radius 3 is 1.92 bits per heavy atom. The summed E-state index contributed by atoms with van der Waals surface area (Å²) < 4.78 is 63.2. The predicted octanol–water partition coefficient (Wildman–Crippen LogP) is 2.92. The maximum absolute atomic E-state index is 12.5. The Hall–Kier alpha value is -2.68. The third-order valence-corrected chi connectivity index (χ3v) is 4.63. The van der Waals surface area contributed by atoms with Crippen molar-refractivity contribution in [2.24, 2.45) is 0 Å². The van der Waals surface area contributed by atoms with Crippen molar-refractivity contribution in [2.45, 2.75) is 10.7 Å². The van der Waals surface area contributed by atoms with Crippen LogP contribution in [0.1, 0.15) is 10.4 Å². The smallest absolute Gasteiger partial charge is 0.343 e. The molecule has 2 rings (SSSR count). The highest BCUT2D eigenvalue weighted by molar-refractivity contribution is 7.91. The largest absolute Gasteiger partial charge is 0.493 e. The van der Waals surface area contributed by atoms with Crippen LogP contribution in [0.3, 0.4) is 0 Å². The lowest BCUT2D eigenvalue weighted by Crippen LogP contribution is -2.13. The predicted molar refractivity (Wildman–Crippen MR) is 84.1 cm³/mol. The second-order valence-electron chi connectivity index (χ2n) is 4.71. The third kappa shape index (κ3) is 3.87. The van der Waals surface area contributed by atoms with Crippen LogP contribution >= 0.6 is 0 Å². The number of rotatable bonds is 6. The summed E-state index contributed by atoms with van der Waals surface area (Å²) in [6.45, 7) is 0.